The lowest BCUT2D eigenvalue weighted by Crippen LogP contribution is -2.17. The van der Waals surface area contributed by atoms with E-state index in [-0.39, 0.29) is 0 Å². The Morgan fingerprint density at radius 1 is 1.07 bits per heavy atom. The monoisotopic (exact) mass is 450 g/mol. The fourth-order valence-electron chi connectivity index (χ4n) is 2.74. The number of aromatic nitrogens is 3. The Morgan fingerprint density at radius 3 is 2.52 bits per heavy atom. The van der Waals surface area contributed by atoms with Gasteiger partial charge in [0, 0.05) is 10.0 Å². The van der Waals surface area contributed by atoms with Gasteiger partial charge in [-0.1, -0.05) is 28.1 Å². The largest absolute Gasteiger partial charge is 0.496 e. The highest BCUT2D eigenvalue weighted by molar-refractivity contribution is 9.10. The van der Waals surface area contributed by atoms with Crippen molar-refractivity contribution in [2.24, 2.45) is 0 Å². The van der Waals surface area contributed by atoms with Crippen molar-refractivity contribution in [2.45, 2.75) is 6.54 Å². The van der Waals surface area contributed by atoms with Crippen LogP contribution in [0.5, 0.6) is 17.2 Å². The number of rotatable bonds is 7. The number of ether oxygens (including phenoxy) is 3. The Bertz CT molecular complexity index is 1000. The van der Waals surface area contributed by atoms with Crippen LogP contribution in [0.4, 0.5) is 0 Å². The first-order chi connectivity index (χ1) is 13.1. The molecular formula is C18H19BrN4O3S. The molecule has 2 N–H and O–H groups in total. The van der Waals surface area contributed by atoms with Crippen molar-refractivity contribution < 1.29 is 14.2 Å². The van der Waals surface area contributed by atoms with Crippen molar-refractivity contribution in [3.63, 3.8) is 0 Å². The number of para-hydroxylation sites is 1. The first kappa shape index (κ1) is 19.2. The number of benzene rings is 2. The van der Waals surface area contributed by atoms with Gasteiger partial charge in [-0.3, -0.25) is 0 Å². The minimum Gasteiger partial charge on any atom is -0.496 e. The molecule has 0 amide bonds. The van der Waals surface area contributed by atoms with E-state index in [0.717, 1.165) is 15.6 Å². The molecule has 0 unspecified atom stereocenters. The fourth-order valence-corrected chi connectivity index (χ4v) is 3.39. The maximum Gasteiger partial charge on any atom is 0.214 e. The molecule has 0 aliphatic heterocycles. The summed E-state index contributed by atoms with van der Waals surface area (Å²) in [6, 6.07) is 11.4. The van der Waals surface area contributed by atoms with Gasteiger partial charge in [0.2, 0.25) is 4.77 Å². The first-order valence-electron chi connectivity index (χ1n) is 8.04. The van der Waals surface area contributed by atoms with Crippen LogP contribution in [0.3, 0.4) is 0 Å². The van der Waals surface area contributed by atoms with Crippen molar-refractivity contribution in [3.05, 3.63) is 51.2 Å². The molecule has 0 bridgehead atoms. The SMILES string of the molecule is COc1ccccc1-c1n[nH]c(=S)n1NCc1c(Br)ccc(OC)c1OC. The lowest BCUT2D eigenvalue weighted by Gasteiger charge is -2.17. The van der Waals surface area contributed by atoms with Gasteiger partial charge >= 0.3 is 0 Å². The van der Waals surface area contributed by atoms with E-state index >= 15 is 0 Å². The van der Waals surface area contributed by atoms with Gasteiger partial charge in [-0.25, -0.2) is 9.77 Å². The third-order valence-electron chi connectivity index (χ3n) is 4.03. The molecule has 2 aromatic carbocycles. The zero-order valence-electron chi connectivity index (χ0n) is 15.1. The molecule has 142 valence electrons. The molecule has 27 heavy (non-hydrogen) atoms. The number of hydrogen-bond donors (Lipinski definition) is 2. The van der Waals surface area contributed by atoms with Crippen LogP contribution in [-0.2, 0) is 6.54 Å². The average Bonchev–Trinajstić information content (AvgIpc) is 3.06. The molecular weight excluding hydrogens is 432 g/mol. The summed E-state index contributed by atoms with van der Waals surface area (Å²) >= 11 is 8.95. The number of nitrogens with zero attached hydrogens (tertiary/aromatic N) is 2. The van der Waals surface area contributed by atoms with Gasteiger partial charge < -0.3 is 19.6 Å². The van der Waals surface area contributed by atoms with Gasteiger partial charge in [-0.05, 0) is 36.5 Å². The normalized spacial score (nSPS) is 10.5. The number of hydrogen-bond acceptors (Lipinski definition) is 6. The second-order valence-electron chi connectivity index (χ2n) is 5.48. The van der Waals surface area contributed by atoms with E-state index in [1.807, 2.05) is 36.4 Å². The summed E-state index contributed by atoms with van der Waals surface area (Å²) in [7, 11) is 4.84. The summed E-state index contributed by atoms with van der Waals surface area (Å²) in [5, 5.41) is 7.16. The van der Waals surface area contributed by atoms with Crippen LogP contribution in [0, 0.1) is 4.77 Å². The predicted molar refractivity (Wildman–Crippen MR) is 110 cm³/mol. The van der Waals surface area contributed by atoms with E-state index < -0.39 is 0 Å². The molecule has 7 nitrogen and oxygen atoms in total. The van der Waals surface area contributed by atoms with Crippen molar-refractivity contribution in [1.82, 2.24) is 14.9 Å². The van der Waals surface area contributed by atoms with Crippen LogP contribution in [-0.4, -0.2) is 36.2 Å². The number of H-pyrrole nitrogens is 1. The minimum atomic E-state index is 0.428. The van der Waals surface area contributed by atoms with Gasteiger partial charge in [-0.15, -0.1) is 0 Å². The van der Waals surface area contributed by atoms with Gasteiger partial charge in [0.05, 0.1) is 33.4 Å². The molecule has 0 fully saturated rings. The van der Waals surface area contributed by atoms with Gasteiger partial charge in [0.15, 0.2) is 17.3 Å². The molecule has 0 spiro atoms. The van der Waals surface area contributed by atoms with E-state index in [4.69, 9.17) is 26.4 Å². The van der Waals surface area contributed by atoms with Crippen LogP contribution in [0.1, 0.15) is 5.56 Å². The second kappa shape index (κ2) is 8.45. The lowest BCUT2D eigenvalue weighted by molar-refractivity contribution is 0.351. The van der Waals surface area contributed by atoms with Crippen LogP contribution >= 0.6 is 28.1 Å². The standard InChI is InChI=1S/C18H19BrN4O3S/c1-24-14-7-5-4-6-11(14)17-21-22-18(27)23(17)20-10-12-13(19)8-9-15(25-2)16(12)26-3/h4-9,20H,10H2,1-3H3,(H,22,27). The molecule has 1 heterocycles. The molecule has 9 heteroatoms. The predicted octanol–water partition coefficient (Wildman–Crippen LogP) is 4.14. The summed E-state index contributed by atoms with van der Waals surface area (Å²) in [6.07, 6.45) is 0. The number of halogens is 1. The van der Waals surface area contributed by atoms with Gasteiger partial charge in [-0.2, -0.15) is 5.10 Å². The van der Waals surface area contributed by atoms with Crippen molar-refractivity contribution in [2.75, 3.05) is 26.8 Å². The Labute approximate surface area is 170 Å². The van der Waals surface area contributed by atoms with E-state index in [1.54, 1.807) is 26.0 Å². The zero-order chi connectivity index (χ0) is 19.4. The van der Waals surface area contributed by atoms with Crippen LogP contribution in [0.2, 0.25) is 0 Å². The summed E-state index contributed by atoms with van der Waals surface area (Å²) in [5.74, 6) is 2.62. The molecule has 0 aliphatic rings. The molecule has 0 saturated carbocycles. The van der Waals surface area contributed by atoms with Crippen LogP contribution in [0.25, 0.3) is 11.4 Å². The highest BCUT2D eigenvalue weighted by Gasteiger charge is 2.16. The maximum absolute atomic E-state index is 5.53. The number of nitrogens with one attached hydrogen (secondary N) is 2. The zero-order valence-corrected chi connectivity index (χ0v) is 17.5. The third kappa shape index (κ3) is 3.79. The maximum atomic E-state index is 5.53. The number of methoxy groups -OCH3 is 3. The van der Waals surface area contributed by atoms with E-state index in [0.29, 0.717) is 34.4 Å². The minimum absolute atomic E-state index is 0.428. The Kier molecular flexibility index (Phi) is 6.02. The quantitative estimate of drug-likeness (QED) is 0.526. The first-order valence-corrected chi connectivity index (χ1v) is 9.24. The summed E-state index contributed by atoms with van der Waals surface area (Å²) in [5.41, 5.74) is 5.00. The Balaban J connectivity index is 1.98. The van der Waals surface area contributed by atoms with Crippen molar-refractivity contribution >= 4 is 28.1 Å². The molecule has 0 atom stereocenters. The Hall–Kier alpha value is -2.52. The van der Waals surface area contributed by atoms with Crippen LogP contribution < -0.4 is 19.6 Å². The van der Waals surface area contributed by atoms with Crippen molar-refractivity contribution in [1.29, 1.82) is 0 Å². The number of aromatic amines is 1. The van der Waals surface area contributed by atoms with E-state index in [9.17, 15) is 0 Å². The highest BCUT2D eigenvalue weighted by atomic mass is 79.9. The topological polar surface area (TPSA) is 73.3 Å². The summed E-state index contributed by atoms with van der Waals surface area (Å²) in [6.45, 7) is 0.428. The summed E-state index contributed by atoms with van der Waals surface area (Å²) in [4.78, 5) is 0. The van der Waals surface area contributed by atoms with E-state index in [1.165, 1.54) is 0 Å². The molecule has 1 aromatic heterocycles. The Morgan fingerprint density at radius 2 is 1.81 bits per heavy atom. The fraction of sp³-hybridized carbons (Fsp3) is 0.222. The van der Waals surface area contributed by atoms with Gasteiger partial charge in [0.1, 0.15) is 5.75 Å². The smallest absolute Gasteiger partial charge is 0.214 e. The summed E-state index contributed by atoms with van der Waals surface area (Å²) < 4.78 is 19.4. The molecule has 0 saturated heterocycles. The van der Waals surface area contributed by atoms with Crippen LogP contribution in [0.15, 0.2) is 40.9 Å². The van der Waals surface area contributed by atoms with Crippen molar-refractivity contribution in [3.8, 4) is 28.6 Å². The molecule has 3 aromatic rings. The molecule has 3 rings (SSSR count). The lowest BCUT2D eigenvalue weighted by atomic mass is 10.2. The second-order valence-corrected chi connectivity index (χ2v) is 6.73. The van der Waals surface area contributed by atoms with E-state index in [2.05, 4.69) is 31.6 Å². The highest BCUT2D eigenvalue weighted by Crippen LogP contribution is 2.36. The average molecular weight is 451 g/mol. The van der Waals surface area contributed by atoms with Gasteiger partial charge in [0.25, 0.3) is 0 Å². The third-order valence-corrected chi connectivity index (χ3v) is 5.04. The molecule has 0 radical (unpaired) electrons. The molecule has 0 aliphatic carbocycles.